The number of benzene rings is 2. The Morgan fingerprint density at radius 3 is 2.45 bits per heavy atom. The smallest absolute Gasteiger partial charge is 0.121 e. The van der Waals surface area contributed by atoms with E-state index in [2.05, 4.69) is 5.32 Å². The summed E-state index contributed by atoms with van der Waals surface area (Å²) in [6, 6.07) is 12.0. The van der Waals surface area contributed by atoms with Gasteiger partial charge in [0, 0.05) is 11.3 Å². The van der Waals surface area contributed by atoms with Crippen LogP contribution in [-0.2, 0) is 0 Å². The second-order valence-corrected chi connectivity index (χ2v) is 4.57. The van der Waals surface area contributed by atoms with Crippen LogP contribution in [0.5, 0.6) is 17.2 Å². The van der Waals surface area contributed by atoms with Crippen LogP contribution >= 0.6 is 0 Å². The number of anilines is 1. The van der Waals surface area contributed by atoms with Gasteiger partial charge in [-0.2, -0.15) is 0 Å². The van der Waals surface area contributed by atoms with Gasteiger partial charge in [-0.1, -0.05) is 0 Å². The van der Waals surface area contributed by atoms with Gasteiger partial charge in [0.25, 0.3) is 0 Å². The normalized spacial score (nSPS) is 11.9. The highest BCUT2D eigenvalue weighted by atomic mass is 16.5. The van der Waals surface area contributed by atoms with Crippen LogP contribution in [0.15, 0.2) is 42.5 Å². The van der Waals surface area contributed by atoms with Gasteiger partial charge in [-0.05, 0) is 56.3 Å². The molecular weight excluding hydrogens is 254 g/mol. The van der Waals surface area contributed by atoms with Crippen molar-refractivity contribution in [2.75, 3.05) is 11.9 Å². The zero-order valence-electron chi connectivity index (χ0n) is 11.6. The molecule has 0 heterocycles. The molecule has 4 nitrogen and oxygen atoms in total. The quantitative estimate of drug-likeness (QED) is 0.727. The molecule has 0 spiro atoms. The van der Waals surface area contributed by atoms with Crippen molar-refractivity contribution in [3.63, 3.8) is 0 Å². The molecule has 3 N–H and O–H groups in total. The van der Waals surface area contributed by atoms with E-state index in [4.69, 9.17) is 4.74 Å². The summed E-state index contributed by atoms with van der Waals surface area (Å²) in [6.07, 6.45) is 0. The van der Waals surface area contributed by atoms with E-state index in [-0.39, 0.29) is 17.5 Å². The maximum Gasteiger partial charge on any atom is 0.121 e. The molecule has 0 aliphatic rings. The van der Waals surface area contributed by atoms with Gasteiger partial charge >= 0.3 is 0 Å². The van der Waals surface area contributed by atoms with E-state index in [0.29, 0.717) is 12.2 Å². The minimum absolute atomic E-state index is 0.125. The van der Waals surface area contributed by atoms with Crippen LogP contribution in [0.3, 0.4) is 0 Å². The van der Waals surface area contributed by atoms with Crippen LogP contribution in [-0.4, -0.2) is 16.8 Å². The molecule has 2 aromatic carbocycles. The number of ether oxygens (including phenoxy) is 1. The summed E-state index contributed by atoms with van der Waals surface area (Å²) >= 11 is 0. The van der Waals surface area contributed by atoms with Crippen molar-refractivity contribution in [2.24, 2.45) is 0 Å². The third-order valence-corrected chi connectivity index (χ3v) is 3.03. The van der Waals surface area contributed by atoms with Crippen LogP contribution in [0, 0.1) is 0 Å². The molecule has 0 bridgehead atoms. The summed E-state index contributed by atoms with van der Waals surface area (Å²) in [5.41, 5.74) is 1.57. The summed E-state index contributed by atoms with van der Waals surface area (Å²) in [7, 11) is 0. The van der Waals surface area contributed by atoms with Crippen LogP contribution in [0.4, 0.5) is 5.69 Å². The van der Waals surface area contributed by atoms with Gasteiger partial charge in [0.2, 0.25) is 0 Å². The topological polar surface area (TPSA) is 61.7 Å². The summed E-state index contributed by atoms with van der Waals surface area (Å²) in [5.74, 6) is 1.12. The summed E-state index contributed by atoms with van der Waals surface area (Å²) in [5, 5.41) is 22.6. The Bertz CT molecular complexity index is 566. The minimum atomic E-state index is -0.125. The Morgan fingerprint density at radius 2 is 1.80 bits per heavy atom. The van der Waals surface area contributed by atoms with E-state index >= 15 is 0 Å². The SMILES string of the molecule is CCOc1ccc(NC(C)c2cc(O)ccc2O)cc1. The summed E-state index contributed by atoms with van der Waals surface area (Å²) < 4.78 is 5.38. The molecule has 1 atom stereocenters. The molecule has 1 unspecified atom stereocenters. The van der Waals surface area contributed by atoms with E-state index in [9.17, 15) is 10.2 Å². The van der Waals surface area contributed by atoms with Crippen molar-refractivity contribution in [3.8, 4) is 17.2 Å². The van der Waals surface area contributed by atoms with Crippen molar-refractivity contribution in [2.45, 2.75) is 19.9 Å². The molecule has 0 aliphatic heterocycles. The third-order valence-electron chi connectivity index (χ3n) is 3.03. The Hall–Kier alpha value is -2.36. The van der Waals surface area contributed by atoms with Crippen LogP contribution in [0.2, 0.25) is 0 Å². The molecule has 4 heteroatoms. The van der Waals surface area contributed by atoms with Gasteiger partial charge in [-0.15, -0.1) is 0 Å². The fourth-order valence-electron chi connectivity index (χ4n) is 2.03. The first-order chi connectivity index (χ1) is 9.60. The lowest BCUT2D eigenvalue weighted by molar-refractivity contribution is 0.340. The molecule has 20 heavy (non-hydrogen) atoms. The molecule has 0 saturated carbocycles. The Balaban J connectivity index is 2.10. The average Bonchev–Trinajstić information content (AvgIpc) is 2.44. The Morgan fingerprint density at radius 1 is 1.10 bits per heavy atom. The van der Waals surface area contributed by atoms with Gasteiger partial charge in [-0.3, -0.25) is 0 Å². The molecule has 0 aromatic heterocycles. The van der Waals surface area contributed by atoms with E-state index in [0.717, 1.165) is 11.4 Å². The molecule has 0 radical (unpaired) electrons. The first kappa shape index (κ1) is 14.1. The van der Waals surface area contributed by atoms with Gasteiger partial charge in [0.1, 0.15) is 17.2 Å². The fraction of sp³-hybridized carbons (Fsp3) is 0.250. The zero-order valence-corrected chi connectivity index (χ0v) is 11.6. The molecular formula is C16H19NO3. The lowest BCUT2D eigenvalue weighted by Gasteiger charge is -2.17. The molecule has 0 amide bonds. The first-order valence-corrected chi connectivity index (χ1v) is 6.61. The highest BCUT2D eigenvalue weighted by Crippen LogP contribution is 2.30. The molecule has 106 valence electrons. The van der Waals surface area contributed by atoms with Gasteiger partial charge in [0.15, 0.2) is 0 Å². The lowest BCUT2D eigenvalue weighted by atomic mass is 10.1. The van der Waals surface area contributed by atoms with Gasteiger partial charge in [0.05, 0.1) is 12.6 Å². The Labute approximate surface area is 118 Å². The lowest BCUT2D eigenvalue weighted by Crippen LogP contribution is -2.06. The van der Waals surface area contributed by atoms with E-state index in [1.807, 2.05) is 38.1 Å². The van der Waals surface area contributed by atoms with Gasteiger partial charge in [-0.25, -0.2) is 0 Å². The maximum absolute atomic E-state index is 9.83. The number of hydrogen-bond acceptors (Lipinski definition) is 4. The van der Waals surface area contributed by atoms with Crippen LogP contribution < -0.4 is 10.1 Å². The fourth-order valence-corrected chi connectivity index (χ4v) is 2.03. The second kappa shape index (κ2) is 6.19. The van der Waals surface area contributed by atoms with E-state index < -0.39 is 0 Å². The van der Waals surface area contributed by atoms with Crippen LogP contribution in [0.25, 0.3) is 0 Å². The van der Waals surface area contributed by atoms with Gasteiger partial charge < -0.3 is 20.3 Å². The standard InChI is InChI=1S/C16H19NO3/c1-3-20-14-7-4-12(5-8-14)17-11(2)15-10-13(18)6-9-16(15)19/h4-11,17-19H,3H2,1-2H3. The number of hydrogen-bond donors (Lipinski definition) is 3. The number of aromatic hydroxyl groups is 2. The van der Waals surface area contributed by atoms with Crippen molar-refractivity contribution >= 4 is 5.69 Å². The van der Waals surface area contributed by atoms with Crippen molar-refractivity contribution in [1.29, 1.82) is 0 Å². The Kier molecular flexibility index (Phi) is 4.35. The van der Waals surface area contributed by atoms with Crippen molar-refractivity contribution in [1.82, 2.24) is 0 Å². The van der Waals surface area contributed by atoms with Crippen LogP contribution in [0.1, 0.15) is 25.5 Å². The number of rotatable bonds is 5. The first-order valence-electron chi connectivity index (χ1n) is 6.61. The highest BCUT2D eigenvalue weighted by molar-refractivity contribution is 5.50. The summed E-state index contributed by atoms with van der Waals surface area (Å²) in [4.78, 5) is 0. The molecule has 2 rings (SSSR count). The predicted octanol–water partition coefficient (Wildman–Crippen LogP) is 3.67. The maximum atomic E-state index is 9.83. The number of phenols is 2. The zero-order chi connectivity index (χ0) is 14.5. The largest absolute Gasteiger partial charge is 0.508 e. The van der Waals surface area contributed by atoms with E-state index in [1.165, 1.54) is 12.1 Å². The molecule has 0 fully saturated rings. The van der Waals surface area contributed by atoms with E-state index in [1.54, 1.807) is 6.07 Å². The molecule has 0 aliphatic carbocycles. The number of nitrogens with one attached hydrogen (secondary N) is 1. The second-order valence-electron chi connectivity index (χ2n) is 4.57. The third kappa shape index (κ3) is 3.35. The highest BCUT2D eigenvalue weighted by Gasteiger charge is 2.11. The minimum Gasteiger partial charge on any atom is -0.508 e. The van der Waals surface area contributed by atoms with Crippen molar-refractivity contribution in [3.05, 3.63) is 48.0 Å². The monoisotopic (exact) mass is 273 g/mol. The number of phenolic OH excluding ortho intramolecular Hbond substituents is 2. The molecule has 2 aromatic rings. The predicted molar refractivity (Wildman–Crippen MR) is 79.4 cm³/mol. The molecule has 0 saturated heterocycles. The van der Waals surface area contributed by atoms with Crippen molar-refractivity contribution < 1.29 is 14.9 Å². The summed E-state index contributed by atoms with van der Waals surface area (Å²) in [6.45, 7) is 4.50. The average molecular weight is 273 g/mol.